The smallest absolute Gasteiger partial charge is 0.409 e. The largest absolute Gasteiger partial charge is 0.733 e. The lowest BCUT2D eigenvalue weighted by atomic mass is 10.1. The van der Waals surface area contributed by atoms with Gasteiger partial charge in [-0.1, -0.05) is 18.2 Å². The van der Waals surface area contributed by atoms with Crippen LogP contribution in [0.5, 0.6) is 0 Å². The summed E-state index contributed by atoms with van der Waals surface area (Å²) in [4.78, 5) is 33.3. The predicted octanol–water partition coefficient (Wildman–Crippen LogP) is 0.705. The fraction of sp³-hybridized carbons (Fsp3) is 0.250. The molecule has 0 aliphatic heterocycles. The van der Waals surface area contributed by atoms with E-state index in [2.05, 4.69) is 4.74 Å². The maximum absolute atomic E-state index is 11.5. The standard InChI is InChI=1S/C12H13N2O8/c1-6(10(15)16)13-12(19)22-9(11(17)18)7-4-2-3-5-8(7)14(20)21/h2-6,9,20H,1H3,(H,13,19)(H,15,16)(H,17,18)/q-1/t6-,9?/m1/s1. The average Bonchev–Trinajstić information content (AvgIpc) is 2.44. The number of para-hydroxylation sites is 1. The highest BCUT2D eigenvalue weighted by Gasteiger charge is 2.28. The topological polar surface area (TPSA) is 159 Å². The van der Waals surface area contributed by atoms with Gasteiger partial charge in [-0.25, -0.2) is 9.59 Å². The van der Waals surface area contributed by atoms with Crippen molar-refractivity contribution in [1.82, 2.24) is 5.32 Å². The molecule has 22 heavy (non-hydrogen) atoms. The number of carbonyl (C=O) groups is 3. The Labute approximate surface area is 124 Å². The highest BCUT2D eigenvalue weighted by molar-refractivity contribution is 5.83. The van der Waals surface area contributed by atoms with E-state index < -0.39 is 41.1 Å². The molecule has 0 aromatic heterocycles. The molecule has 0 saturated heterocycles. The summed E-state index contributed by atoms with van der Waals surface area (Å²) in [7, 11) is 0. The van der Waals surface area contributed by atoms with E-state index >= 15 is 0 Å². The molecule has 1 unspecified atom stereocenters. The van der Waals surface area contributed by atoms with Crippen molar-refractivity contribution in [3.05, 3.63) is 35.0 Å². The van der Waals surface area contributed by atoms with Crippen LogP contribution in [0.3, 0.4) is 0 Å². The Kier molecular flexibility index (Phi) is 5.66. The number of aliphatic carboxylic acids is 2. The van der Waals surface area contributed by atoms with Crippen LogP contribution in [0.25, 0.3) is 0 Å². The Balaban J connectivity index is 2.99. The molecule has 0 fully saturated rings. The van der Waals surface area contributed by atoms with Gasteiger partial charge in [0.05, 0.1) is 5.69 Å². The number of hydrogen-bond donors (Lipinski definition) is 4. The van der Waals surface area contributed by atoms with E-state index in [4.69, 9.17) is 15.4 Å². The van der Waals surface area contributed by atoms with Gasteiger partial charge < -0.3 is 30.7 Å². The molecule has 0 saturated carbocycles. The SMILES string of the molecule is C[C@@H](NC(=O)OC(C(=O)O)c1ccccc1N([O-])O)C(=O)O. The molecule has 120 valence electrons. The zero-order valence-corrected chi connectivity index (χ0v) is 11.3. The van der Waals surface area contributed by atoms with Gasteiger partial charge in [-0.15, -0.1) is 0 Å². The Bertz CT molecular complexity index is 574. The minimum Gasteiger partial charge on any atom is -0.733 e. The first kappa shape index (κ1) is 17.2. The van der Waals surface area contributed by atoms with Gasteiger partial charge in [0.1, 0.15) is 6.04 Å². The van der Waals surface area contributed by atoms with Crippen molar-refractivity contribution in [3.63, 3.8) is 0 Å². The van der Waals surface area contributed by atoms with Crippen LogP contribution >= 0.6 is 0 Å². The third kappa shape index (κ3) is 4.33. The van der Waals surface area contributed by atoms with Crippen molar-refractivity contribution >= 4 is 23.7 Å². The summed E-state index contributed by atoms with van der Waals surface area (Å²) in [6.07, 6.45) is -3.20. The summed E-state index contributed by atoms with van der Waals surface area (Å²) in [5.74, 6) is -2.95. The number of benzene rings is 1. The quantitative estimate of drug-likeness (QED) is 0.554. The van der Waals surface area contributed by atoms with Crippen LogP contribution in [0.15, 0.2) is 24.3 Å². The first-order valence-electron chi connectivity index (χ1n) is 5.91. The molecule has 0 aliphatic rings. The second kappa shape index (κ2) is 7.24. The van der Waals surface area contributed by atoms with Gasteiger partial charge in [0.25, 0.3) is 0 Å². The summed E-state index contributed by atoms with van der Waals surface area (Å²) in [5.41, 5.74) is -0.695. The second-order valence-electron chi connectivity index (χ2n) is 4.16. The molecule has 0 spiro atoms. The molecule has 0 radical (unpaired) electrons. The number of ether oxygens (including phenoxy) is 1. The lowest BCUT2D eigenvalue weighted by Gasteiger charge is -2.26. The fourth-order valence-corrected chi connectivity index (χ4v) is 1.51. The molecule has 1 rings (SSSR count). The van der Waals surface area contributed by atoms with Crippen LogP contribution in [-0.4, -0.2) is 39.5 Å². The number of carbonyl (C=O) groups excluding carboxylic acids is 1. The number of hydrogen-bond acceptors (Lipinski definition) is 7. The number of nitrogens with zero attached hydrogens (tertiary/aromatic N) is 1. The Morgan fingerprint density at radius 2 is 1.82 bits per heavy atom. The lowest BCUT2D eigenvalue weighted by molar-refractivity contribution is -0.147. The summed E-state index contributed by atoms with van der Waals surface area (Å²) < 4.78 is 4.62. The fourth-order valence-electron chi connectivity index (χ4n) is 1.51. The number of rotatable bonds is 6. The van der Waals surface area contributed by atoms with Crippen molar-refractivity contribution in [1.29, 1.82) is 0 Å². The summed E-state index contributed by atoms with van der Waals surface area (Å²) in [6, 6.07) is 3.74. The van der Waals surface area contributed by atoms with Gasteiger partial charge in [0.2, 0.25) is 6.10 Å². The van der Waals surface area contributed by atoms with Gasteiger partial charge in [0.15, 0.2) is 0 Å². The van der Waals surface area contributed by atoms with E-state index in [0.717, 1.165) is 13.0 Å². The summed E-state index contributed by atoms with van der Waals surface area (Å²) in [5, 5.41) is 39.0. The van der Waals surface area contributed by atoms with Gasteiger partial charge in [-0.2, -0.15) is 0 Å². The first-order valence-corrected chi connectivity index (χ1v) is 5.91. The van der Waals surface area contributed by atoms with E-state index in [0.29, 0.717) is 0 Å². The third-order valence-corrected chi connectivity index (χ3v) is 2.58. The molecule has 10 heteroatoms. The number of carboxylic acid groups (broad SMARTS) is 2. The normalized spacial score (nSPS) is 12.9. The summed E-state index contributed by atoms with van der Waals surface area (Å²) in [6.45, 7) is 1.15. The number of nitrogens with one attached hydrogen (secondary N) is 1. The molecule has 1 amide bonds. The molecule has 0 heterocycles. The van der Waals surface area contributed by atoms with Crippen molar-refractivity contribution in [3.8, 4) is 0 Å². The Morgan fingerprint density at radius 1 is 1.23 bits per heavy atom. The number of amides is 1. The van der Waals surface area contributed by atoms with E-state index in [9.17, 15) is 19.6 Å². The highest BCUT2D eigenvalue weighted by atomic mass is 16.8. The molecule has 1 aromatic carbocycles. The predicted molar refractivity (Wildman–Crippen MR) is 71.2 cm³/mol. The van der Waals surface area contributed by atoms with Gasteiger partial charge in [-0.05, 0) is 13.0 Å². The maximum atomic E-state index is 11.5. The number of carboxylic acids is 2. The van der Waals surface area contributed by atoms with Crippen LogP contribution < -0.4 is 10.5 Å². The molecule has 10 nitrogen and oxygen atoms in total. The van der Waals surface area contributed by atoms with Crippen LogP contribution in [0.4, 0.5) is 10.5 Å². The number of anilines is 1. The number of alkyl carbamates (subject to hydrolysis) is 1. The zero-order chi connectivity index (χ0) is 16.9. The minimum atomic E-state index is -1.90. The molecule has 4 N–H and O–H groups in total. The van der Waals surface area contributed by atoms with Crippen LogP contribution in [0.1, 0.15) is 18.6 Å². The molecular formula is C12H13N2O8-. The van der Waals surface area contributed by atoms with Gasteiger partial charge in [-0.3, -0.25) is 10.0 Å². The molecule has 1 aromatic rings. The molecular weight excluding hydrogens is 300 g/mol. The summed E-state index contributed by atoms with van der Waals surface area (Å²) >= 11 is 0. The van der Waals surface area contributed by atoms with Crippen molar-refractivity contribution < 1.29 is 34.5 Å². The van der Waals surface area contributed by atoms with Crippen molar-refractivity contribution in [2.75, 3.05) is 5.23 Å². The second-order valence-corrected chi connectivity index (χ2v) is 4.16. The lowest BCUT2D eigenvalue weighted by Crippen LogP contribution is -2.40. The van der Waals surface area contributed by atoms with E-state index in [1.54, 1.807) is 0 Å². The molecule has 0 aliphatic carbocycles. The van der Waals surface area contributed by atoms with E-state index in [-0.39, 0.29) is 5.56 Å². The van der Waals surface area contributed by atoms with Crippen LogP contribution in [-0.2, 0) is 14.3 Å². The zero-order valence-electron chi connectivity index (χ0n) is 11.3. The highest BCUT2D eigenvalue weighted by Crippen LogP contribution is 2.28. The third-order valence-electron chi connectivity index (χ3n) is 2.58. The Hall–Kier alpha value is -2.85. The first-order chi connectivity index (χ1) is 10.2. The van der Waals surface area contributed by atoms with Crippen molar-refractivity contribution in [2.45, 2.75) is 19.1 Å². The monoisotopic (exact) mass is 313 g/mol. The van der Waals surface area contributed by atoms with Gasteiger partial charge in [0, 0.05) is 5.56 Å². The minimum absolute atomic E-state index is 0.273. The van der Waals surface area contributed by atoms with Crippen molar-refractivity contribution in [2.24, 2.45) is 0 Å². The van der Waals surface area contributed by atoms with Crippen LogP contribution in [0.2, 0.25) is 0 Å². The molecule has 2 atom stereocenters. The molecule has 0 bridgehead atoms. The maximum Gasteiger partial charge on any atom is 0.409 e. The van der Waals surface area contributed by atoms with E-state index in [1.165, 1.54) is 18.2 Å². The Morgan fingerprint density at radius 3 is 2.32 bits per heavy atom. The van der Waals surface area contributed by atoms with E-state index in [1.807, 2.05) is 5.32 Å². The van der Waals surface area contributed by atoms with Crippen LogP contribution in [0, 0.1) is 5.21 Å². The average molecular weight is 313 g/mol. The van der Waals surface area contributed by atoms with Gasteiger partial charge >= 0.3 is 18.0 Å².